The molecule has 0 saturated carbocycles. The van der Waals surface area contributed by atoms with Crippen LogP contribution in [0.25, 0.3) is 11.3 Å². The van der Waals surface area contributed by atoms with Crippen LogP contribution in [0.5, 0.6) is 0 Å². The molecular formula is C12H14N2. The van der Waals surface area contributed by atoms with Crippen LogP contribution < -0.4 is 5.73 Å². The van der Waals surface area contributed by atoms with Crippen LogP contribution >= 0.6 is 0 Å². The van der Waals surface area contributed by atoms with Crippen LogP contribution in [0.1, 0.15) is 7.43 Å². The van der Waals surface area contributed by atoms with E-state index in [9.17, 15) is 0 Å². The van der Waals surface area contributed by atoms with Crippen molar-refractivity contribution in [2.24, 2.45) is 0 Å². The molecule has 1 aromatic carbocycles. The van der Waals surface area contributed by atoms with Crippen molar-refractivity contribution in [3.63, 3.8) is 0 Å². The van der Waals surface area contributed by atoms with E-state index in [0.717, 1.165) is 16.9 Å². The largest absolute Gasteiger partial charge is 0.399 e. The Labute approximate surface area is 84.4 Å². The summed E-state index contributed by atoms with van der Waals surface area (Å²) in [5.74, 6) is 0. The quantitative estimate of drug-likeness (QED) is 0.695. The van der Waals surface area contributed by atoms with Gasteiger partial charge in [0.1, 0.15) is 0 Å². The summed E-state index contributed by atoms with van der Waals surface area (Å²) < 4.78 is 0. The number of benzene rings is 1. The summed E-state index contributed by atoms with van der Waals surface area (Å²) in [5.41, 5.74) is 8.43. The highest BCUT2D eigenvalue weighted by atomic mass is 14.7. The van der Waals surface area contributed by atoms with Gasteiger partial charge in [-0.3, -0.25) is 4.98 Å². The van der Waals surface area contributed by atoms with E-state index in [1.54, 1.807) is 6.20 Å². The lowest BCUT2D eigenvalue weighted by atomic mass is 10.1. The minimum absolute atomic E-state index is 0. The van der Waals surface area contributed by atoms with Crippen LogP contribution in [0.4, 0.5) is 5.69 Å². The van der Waals surface area contributed by atoms with Crippen molar-refractivity contribution < 1.29 is 0 Å². The van der Waals surface area contributed by atoms with Crippen LogP contribution in [0.2, 0.25) is 0 Å². The van der Waals surface area contributed by atoms with Crippen LogP contribution in [-0.2, 0) is 0 Å². The van der Waals surface area contributed by atoms with Gasteiger partial charge in [-0.05, 0) is 24.3 Å². The second-order valence-corrected chi connectivity index (χ2v) is 2.84. The molecule has 0 aliphatic rings. The van der Waals surface area contributed by atoms with Crippen LogP contribution in [0, 0.1) is 0 Å². The summed E-state index contributed by atoms with van der Waals surface area (Å²) in [6.07, 6.45) is 1.78. The predicted molar refractivity (Wildman–Crippen MR) is 60.8 cm³/mol. The molecule has 1 heterocycles. The number of nitrogen functional groups attached to an aromatic ring is 1. The fourth-order valence-corrected chi connectivity index (χ4v) is 1.19. The molecule has 0 unspecified atom stereocenters. The highest BCUT2D eigenvalue weighted by Crippen LogP contribution is 2.17. The molecule has 0 spiro atoms. The van der Waals surface area contributed by atoms with Gasteiger partial charge in [-0.2, -0.15) is 0 Å². The number of aromatic nitrogens is 1. The SMILES string of the molecule is C.Nc1ccc(-c2ccccn2)cc1. The Morgan fingerprint density at radius 1 is 0.929 bits per heavy atom. The van der Waals surface area contributed by atoms with Gasteiger partial charge in [0.2, 0.25) is 0 Å². The zero-order valence-electron chi connectivity index (χ0n) is 7.14. The minimum Gasteiger partial charge on any atom is -0.399 e. The van der Waals surface area contributed by atoms with Gasteiger partial charge in [0.25, 0.3) is 0 Å². The van der Waals surface area contributed by atoms with E-state index in [1.807, 2.05) is 42.5 Å². The van der Waals surface area contributed by atoms with Crippen LogP contribution in [0.15, 0.2) is 48.7 Å². The standard InChI is InChI=1S/C11H10N2.CH4/c12-10-6-4-9(5-7-10)11-3-1-2-8-13-11;/h1-8H,12H2;1H4. The predicted octanol–water partition coefficient (Wildman–Crippen LogP) is 2.97. The minimum atomic E-state index is 0. The second-order valence-electron chi connectivity index (χ2n) is 2.84. The van der Waals surface area contributed by atoms with Crippen LogP contribution in [0.3, 0.4) is 0 Å². The second kappa shape index (κ2) is 4.42. The topological polar surface area (TPSA) is 38.9 Å². The smallest absolute Gasteiger partial charge is 0.0701 e. The summed E-state index contributed by atoms with van der Waals surface area (Å²) >= 11 is 0. The molecule has 2 heteroatoms. The summed E-state index contributed by atoms with van der Waals surface area (Å²) in [7, 11) is 0. The molecule has 0 atom stereocenters. The highest BCUT2D eigenvalue weighted by molar-refractivity contribution is 5.61. The lowest BCUT2D eigenvalue weighted by Crippen LogP contribution is -1.85. The first-order valence-corrected chi connectivity index (χ1v) is 4.13. The van der Waals surface area contributed by atoms with Crippen molar-refractivity contribution in [2.75, 3.05) is 5.73 Å². The van der Waals surface area contributed by atoms with Crippen molar-refractivity contribution in [3.8, 4) is 11.3 Å². The molecule has 14 heavy (non-hydrogen) atoms. The molecule has 0 bridgehead atoms. The summed E-state index contributed by atoms with van der Waals surface area (Å²) in [6, 6.07) is 13.5. The molecule has 2 aromatic rings. The number of anilines is 1. The Bertz CT molecular complexity index is 379. The molecule has 2 N–H and O–H groups in total. The molecule has 72 valence electrons. The lowest BCUT2D eigenvalue weighted by Gasteiger charge is -1.99. The Hall–Kier alpha value is -1.83. The van der Waals surface area contributed by atoms with Crippen molar-refractivity contribution in [2.45, 2.75) is 7.43 Å². The Morgan fingerprint density at radius 3 is 2.21 bits per heavy atom. The Morgan fingerprint density at radius 2 is 1.64 bits per heavy atom. The molecule has 0 saturated heterocycles. The van der Waals surface area contributed by atoms with Crippen molar-refractivity contribution >= 4 is 5.69 Å². The van der Waals surface area contributed by atoms with Gasteiger partial charge >= 0.3 is 0 Å². The van der Waals surface area contributed by atoms with Crippen molar-refractivity contribution in [1.82, 2.24) is 4.98 Å². The van der Waals surface area contributed by atoms with Gasteiger partial charge in [-0.15, -0.1) is 0 Å². The van der Waals surface area contributed by atoms with E-state index in [0.29, 0.717) is 0 Å². The van der Waals surface area contributed by atoms with E-state index in [1.165, 1.54) is 0 Å². The van der Waals surface area contributed by atoms with Gasteiger partial charge in [0.15, 0.2) is 0 Å². The maximum atomic E-state index is 5.58. The number of rotatable bonds is 1. The first-order valence-electron chi connectivity index (χ1n) is 4.13. The van der Waals surface area contributed by atoms with E-state index in [2.05, 4.69) is 4.98 Å². The van der Waals surface area contributed by atoms with E-state index >= 15 is 0 Å². The van der Waals surface area contributed by atoms with Crippen LogP contribution in [-0.4, -0.2) is 4.98 Å². The third-order valence-corrected chi connectivity index (χ3v) is 1.87. The molecule has 0 aliphatic heterocycles. The number of pyridine rings is 1. The molecule has 2 rings (SSSR count). The summed E-state index contributed by atoms with van der Waals surface area (Å²) in [5, 5.41) is 0. The highest BCUT2D eigenvalue weighted by Gasteiger charge is 1.95. The first kappa shape index (κ1) is 10.3. The first-order chi connectivity index (χ1) is 6.36. The molecule has 2 nitrogen and oxygen atoms in total. The van der Waals surface area contributed by atoms with Gasteiger partial charge in [-0.25, -0.2) is 0 Å². The van der Waals surface area contributed by atoms with Crippen molar-refractivity contribution in [1.29, 1.82) is 0 Å². The maximum Gasteiger partial charge on any atom is 0.0701 e. The zero-order chi connectivity index (χ0) is 9.10. The van der Waals surface area contributed by atoms with E-state index in [-0.39, 0.29) is 7.43 Å². The average Bonchev–Trinajstić information content (AvgIpc) is 2.20. The molecule has 0 amide bonds. The van der Waals surface area contributed by atoms with Gasteiger partial charge < -0.3 is 5.73 Å². The number of nitrogens with two attached hydrogens (primary N) is 1. The van der Waals surface area contributed by atoms with Gasteiger partial charge in [0.05, 0.1) is 5.69 Å². The van der Waals surface area contributed by atoms with Crippen molar-refractivity contribution in [3.05, 3.63) is 48.7 Å². The monoisotopic (exact) mass is 186 g/mol. The third kappa shape index (κ3) is 2.10. The summed E-state index contributed by atoms with van der Waals surface area (Å²) in [4.78, 5) is 4.24. The number of hydrogen-bond acceptors (Lipinski definition) is 2. The third-order valence-electron chi connectivity index (χ3n) is 1.87. The Balaban J connectivity index is 0.000000980. The number of hydrogen-bond donors (Lipinski definition) is 1. The van der Waals surface area contributed by atoms with Gasteiger partial charge in [0, 0.05) is 17.4 Å². The summed E-state index contributed by atoms with van der Waals surface area (Å²) in [6.45, 7) is 0. The van der Waals surface area contributed by atoms with E-state index < -0.39 is 0 Å². The maximum absolute atomic E-state index is 5.58. The average molecular weight is 186 g/mol. The zero-order valence-corrected chi connectivity index (χ0v) is 7.14. The fraction of sp³-hybridized carbons (Fsp3) is 0.0833. The lowest BCUT2D eigenvalue weighted by molar-refractivity contribution is 1.33. The van der Waals surface area contributed by atoms with E-state index in [4.69, 9.17) is 5.73 Å². The molecule has 0 radical (unpaired) electrons. The van der Waals surface area contributed by atoms with Gasteiger partial charge in [-0.1, -0.05) is 25.6 Å². The molecule has 0 aliphatic carbocycles. The molecule has 0 fully saturated rings. The Kier molecular flexibility index (Phi) is 3.24. The molecular weight excluding hydrogens is 172 g/mol. The molecule has 1 aromatic heterocycles. The fourth-order valence-electron chi connectivity index (χ4n) is 1.19. The normalized spacial score (nSPS) is 9.14. The number of nitrogens with zero attached hydrogens (tertiary/aromatic N) is 1.